The van der Waals surface area contributed by atoms with Gasteiger partial charge in [-0.3, -0.25) is 5.43 Å². The number of nitrogens with two attached hydrogens (primary N) is 1. The third-order valence-corrected chi connectivity index (χ3v) is 2.27. The SMILES string of the molecule is CN(C)c1nc(NN)nc(Nc2ccccc2F)n1. The van der Waals surface area contributed by atoms with Crippen LogP contribution in [0.25, 0.3) is 0 Å². The Morgan fingerprint density at radius 2 is 1.79 bits per heavy atom. The van der Waals surface area contributed by atoms with E-state index in [-0.39, 0.29) is 17.6 Å². The van der Waals surface area contributed by atoms with E-state index < -0.39 is 5.82 Å². The minimum Gasteiger partial charge on any atom is -0.347 e. The fraction of sp³-hybridized carbons (Fsp3) is 0.182. The number of benzene rings is 1. The fourth-order valence-corrected chi connectivity index (χ4v) is 1.37. The molecule has 0 aliphatic heterocycles. The molecule has 4 N–H and O–H groups in total. The van der Waals surface area contributed by atoms with Crippen molar-refractivity contribution in [1.82, 2.24) is 15.0 Å². The van der Waals surface area contributed by atoms with Crippen LogP contribution in [0.1, 0.15) is 0 Å². The Labute approximate surface area is 109 Å². The van der Waals surface area contributed by atoms with Crippen molar-refractivity contribution in [2.75, 3.05) is 29.7 Å². The van der Waals surface area contributed by atoms with E-state index in [1.54, 1.807) is 37.2 Å². The summed E-state index contributed by atoms with van der Waals surface area (Å²) in [6.07, 6.45) is 0. The predicted molar refractivity (Wildman–Crippen MR) is 71.6 cm³/mol. The van der Waals surface area contributed by atoms with Gasteiger partial charge in [0.05, 0.1) is 5.69 Å². The molecule has 0 saturated carbocycles. The molecule has 0 amide bonds. The zero-order valence-corrected chi connectivity index (χ0v) is 10.6. The molecule has 1 heterocycles. The number of hydrogen-bond donors (Lipinski definition) is 3. The van der Waals surface area contributed by atoms with E-state index in [4.69, 9.17) is 5.84 Å². The molecule has 0 unspecified atom stereocenters. The minimum atomic E-state index is -0.392. The maximum absolute atomic E-state index is 13.5. The third kappa shape index (κ3) is 3.05. The molecule has 1 aromatic carbocycles. The first-order valence-corrected chi connectivity index (χ1v) is 5.51. The van der Waals surface area contributed by atoms with Gasteiger partial charge in [0.25, 0.3) is 0 Å². The summed E-state index contributed by atoms with van der Waals surface area (Å²) in [4.78, 5) is 13.9. The van der Waals surface area contributed by atoms with Crippen molar-refractivity contribution in [3.63, 3.8) is 0 Å². The molecule has 0 bridgehead atoms. The van der Waals surface area contributed by atoms with Crippen LogP contribution in [0.15, 0.2) is 24.3 Å². The van der Waals surface area contributed by atoms with Gasteiger partial charge in [0.15, 0.2) is 0 Å². The van der Waals surface area contributed by atoms with E-state index in [0.29, 0.717) is 5.95 Å². The molecule has 0 spiro atoms. The van der Waals surface area contributed by atoms with E-state index in [1.807, 2.05) is 0 Å². The Bertz CT molecular complexity index is 573. The molecule has 0 radical (unpaired) electrons. The second-order valence-electron chi connectivity index (χ2n) is 3.93. The topological polar surface area (TPSA) is 92.0 Å². The predicted octanol–water partition coefficient (Wildman–Crippen LogP) is 1.11. The summed E-state index contributed by atoms with van der Waals surface area (Å²) in [6.45, 7) is 0. The van der Waals surface area contributed by atoms with Crippen molar-refractivity contribution in [2.45, 2.75) is 0 Å². The molecular weight excluding hydrogens is 249 g/mol. The van der Waals surface area contributed by atoms with Gasteiger partial charge in [-0.1, -0.05) is 12.1 Å². The van der Waals surface area contributed by atoms with Gasteiger partial charge in [-0.05, 0) is 12.1 Å². The highest BCUT2D eigenvalue weighted by atomic mass is 19.1. The average molecular weight is 263 g/mol. The molecule has 1 aromatic heterocycles. The molecule has 0 atom stereocenters. The maximum atomic E-state index is 13.5. The molecule has 0 aliphatic carbocycles. The Balaban J connectivity index is 2.34. The van der Waals surface area contributed by atoms with Crippen LogP contribution in [0.5, 0.6) is 0 Å². The van der Waals surface area contributed by atoms with Gasteiger partial charge in [-0.25, -0.2) is 10.2 Å². The van der Waals surface area contributed by atoms with Gasteiger partial charge in [-0.2, -0.15) is 15.0 Å². The van der Waals surface area contributed by atoms with E-state index in [2.05, 4.69) is 25.7 Å². The van der Waals surface area contributed by atoms with Crippen LogP contribution in [0.2, 0.25) is 0 Å². The van der Waals surface area contributed by atoms with Crippen molar-refractivity contribution in [3.8, 4) is 0 Å². The summed E-state index contributed by atoms with van der Waals surface area (Å²) in [7, 11) is 3.56. The number of hydrazine groups is 1. The highest BCUT2D eigenvalue weighted by molar-refractivity contribution is 5.56. The Hall–Kier alpha value is -2.48. The normalized spacial score (nSPS) is 10.1. The number of nitrogens with one attached hydrogen (secondary N) is 2. The van der Waals surface area contributed by atoms with Crippen LogP contribution >= 0.6 is 0 Å². The average Bonchev–Trinajstić information content (AvgIpc) is 2.41. The number of halogens is 1. The van der Waals surface area contributed by atoms with Gasteiger partial charge < -0.3 is 10.2 Å². The largest absolute Gasteiger partial charge is 0.347 e. The van der Waals surface area contributed by atoms with Crippen molar-refractivity contribution < 1.29 is 4.39 Å². The first-order chi connectivity index (χ1) is 9.10. The van der Waals surface area contributed by atoms with E-state index in [0.717, 1.165) is 0 Å². The first kappa shape index (κ1) is 13.0. The number of hydrogen-bond acceptors (Lipinski definition) is 7. The zero-order chi connectivity index (χ0) is 13.8. The molecule has 0 fully saturated rings. The summed E-state index contributed by atoms with van der Waals surface area (Å²) in [5.41, 5.74) is 2.62. The van der Waals surface area contributed by atoms with Crippen molar-refractivity contribution in [2.24, 2.45) is 5.84 Å². The molecule has 0 aliphatic rings. The Morgan fingerprint density at radius 1 is 1.11 bits per heavy atom. The van der Waals surface area contributed by atoms with Crippen molar-refractivity contribution >= 4 is 23.5 Å². The van der Waals surface area contributed by atoms with Crippen LogP contribution in [0.4, 0.5) is 27.9 Å². The summed E-state index contributed by atoms with van der Waals surface area (Å²) in [6, 6.07) is 6.25. The lowest BCUT2D eigenvalue weighted by Crippen LogP contribution is -2.18. The van der Waals surface area contributed by atoms with Crippen LogP contribution in [0, 0.1) is 5.82 Å². The number of rotatable bonds is 4. The number of para-hydroxylation sites is 1. The summed E-state index contributed by atoms with van der Waals surface area (Å²) in [5, 5.41) is 2.78. The number of nitrogens with zero attached hydrogens (tertiary/aromatic N) is 4. The molecule has 100 valence electrons. The zero-order valence-electron chi connectivity index (χ0n) is 10.6. The number of anilines is 4. The lowest BCUT2D eigenvalue weighted by atomic mass is 10.3. The summed E-state index contributed by atoms with van der Waals surface area (Å²) < 4.78 is 13.5. The highest BCUT2D eigenvalue weighted by Crippen LogP contribution is 2.18. The smallest absolute Gasteiger partial charge is 0.243 e. The first-order valence-electron chi connectivity index (χ1n) is 5.51. The lowest BCUT2D eigenvalue weighted by molar-refractivity contribution is 0.631. The van der Waals surface area contributed by atoms with Crippen molar-refractivity contribution in [1.29, 1.82) is 0 Å². The maximum Gasteiger partial charge on any atom is 0.243 e. The number of nitrogen functional groups attached to an aromatic ring is 1. The standard InChI is InChI=1S/C11H14FN7/c1-19(2)11-16-9(15-10(17-11)18-13)14-8-6-4-3-5-7(8)12/h3-6H,13H2,1-2H3,(H2,14,15,16,17,18). The highest BCUT2D eigenvalue weighted by Gasteiger charge is 2.09. The molecule has 2 aromatic rings. The van der Waals surface area contributed by atoms with Crippen LogP contribution in [-0.4, -0.2) is 29.0 Å². The lowest BCUT2D eigenvalue weighted by Gasteiger charge is -2.13. The van der Waals surface area contributed by atoms with Gasteiger partial charge in [-0.15, -0.1) is 0 Å². The minimum absolute atomic E-state index is 0.192. The van der Waals surface area contributed by atoms with Crippen LogP contribution in [0.3, 0.4) is 0 Å². The van der Waals surface area contributed by atoms with Gasteiger partial charge in [0.2, 0.25) is 17.8 Å². The second-order valence-corrected chi connectivity index (χ2v) is 3.93. The molecule has 2 rings (SSSR count). The third-order valence-electron chi connectivity index (χ3n) is 2.27. The Morgan fingerprint density at radius 3 is 2.42 bits per heavy atom. The van der Waals surface area contributed by atoms with E-state index >= 15 is 0 Å². The molecule has 0 saturated heterocycles. The fourth-order valence-electron chi connectivity index (χ4n) is 1.37. The summed E-state index contributed by atoms with van der Waals surface area (Å²) in [5.74, 6) is 5.70. The van der Waals surface area contributed by atoms with E-state index in [9.17, 15) is 4.39 Å². The molecular formula is C11H14FN7. The van der Waals surface area contributed by atoms with Crippen molar-refractivity contribution in [3.05, 3.63) is 30.1 Å². The van der Waals surface area contributed by atoms with Gasteiger partial charge >= 0.3 is 0 Å². The van der Waals surface area contributed by atoms with Crippen LogP contribution < -0.4 is 21.5 Å². The Kier molecular flexibility index (Phi) is 3.71. The molecule has 7 nitrogen and oxygen atoms in total. The molecule has 8 heteroatoms. The quantitative estimate of drug-likeness (QED) is 0.562. The van der Waals surface area contributed by atoms with Gasteiger partial charge in [0.1, 0.15) is 5.82 Å². The monoisotopic (exact) mass is 263 g/mol. The summed E-state index contributed by atoms with van der Waals surface area (Å²) >= 11 is 0. The van der Waals surface area contributed by atoms with E-state index in [1.165, 1.54) is 6.07 Å². The van der Waals surface area contributed by atoms with Gasteiger partial charge in [0, 0.05) is 14.1 Å². The molecule has 19 heavy (non-hydrogen) atoms. The van der Waals surface area contributed by atoms with Crippen LogP contribution in [-0.2, 0) is 0 Å². The second kappa shape index (κ2) is 5.44. The number of aromatic nitrogens is 3.